The molecule has 1 atom stereocenters. The summed E-state index contributed by atoms with van der Waals surface area (Å²) in [5, 5.41) is 18.0. The minimum atomic E-state index is -0.282. The molecule has 2 aromatic rings. The molecule has 1 amide bonds. The van der Waals surface area contributed by atoms with Crippen molar-refractivity contribution >= 4 is 34.2 Å². The zero-order valence-electron chi connectivity index (χ0n) is 17.1. The molecule has 7 heteroatoms. The third kappa shape index (κ3) is 3.08. The first-order valence-electron chi connectivity index (χ1n) is 10.9. The Hall–Kier alpha value is -2.18. The van der Waals surface area contributed by atoms with Gasteiger partial charge in [0.2, 0.25) is 0 Å². The summed E-state index contributed by atoms with van der Waals surface area (Å²) in [4.78, 5) is 15.0. The lowest BCUT2D eigenvalue weighted by Gasteiger charge is -2.44. The molecule has 3 aliphatic rings. The van der Waals surface area contributed by atoms with Crippen LogP contribution in [0.1, 0.15) is 67.5 Å². The summed E-state index contributed by atoms with van der Waals surface area (Å²) in [6, 6.07) is 3.51. The lowest BCUT2D eigenvalue weighted by molar-refractivity contribution is 0.0475. The van der Waals surface area contributed by atoms with Crippen molar-refractivity contribution in [3.63, 3.8) is 0 Å². The van der Waals surface area contributed by atoms with E-state index in [-0.39, 0.29) is 24.1 Å². The first-order valence-corrected chi connectivity index (χ1v) is 11.3. The predicted octanol–water partition coefficient (Wildman–Crippen LogP) is 4.72. The fourth-order valence-electron chi connectivity index (χ4n) is 5.50. The van der Waals surface area contributed by atoms with Crippen molar-refractivity contribution in [3.8, 4) is 0 Å². The highest BCUT2D eigenvalue weighted by atomic mass is 35.5. The monoisotopic (exact) mass is 429 g/mol. The van der Waals surface area contributed by atoms with Crippen LogP contribution in [0.5, 0.6) is 0 Å². The topological polar surface area (TPSA) is 77.7 Å². The number of carbonyl (C=O) groups excluding carboxylic acids is 1. The maximum absolute atomic E-state index is 13.3. The smallest absolute Gasteiger partial charge is 0.289 e. The summed E-state index contributed by atoms with van der Waals surface area (Å²) < 4.78 is 6.25. The SMILES string of the molecule is C=C1Nc2c(Cl)cc3cc(C(=O)N4CCCCC4CO)oc3c2C2(CCCCC2)N1. The number of nitrogens with one attached hydrogen (secondary N) is 2. The van der Waals surface area contributed by atoms with E-state index in [1.165, 1.54) is 6.42 Å². The van der Waals surface area contributed by atoms with Gasteiger partial charge in [0, 0.05) is 17.5 Å². The number of carbonyl (C=O) groups is 1. The summed E-state index contributed by atoms with van der Waals surface area (Å²) in [5.74, 6) is 0.895. The van der Waals surface area contributed by atoms with Crippen molar-refractivity contribution in [2.24, 2.45) is 0 Å². The molecule has 1 aromatic carbocycles. The average Bonchev–Trinajstić information content (AvgIpc) is 3.17. The first-order chi connectivity index (χ1) is 14.5. The first kappa shape index (κ1) is 19.8. The maximum Gasteiger partial charge on any atom is 0.289 e. The Bertz CT molecular complexity index is 1010. The Morgan fingerprint density at radius 1 is 1.27 bits per heavy atom. The standard InChI is InChI=1S/C23H28ClN3O3/c1-14-25-20-17(24)11-15-12-18(22(29)27-10-6-3-7-16(27)13-28)30-21(15)19(20)23(26-14)8-4-2-5-9-23/h11-12,16,25-26,28H,1-10,13H2. The van der Waals surface area contributed by atoms with Gasteiger partial charge in [0.15, 0.2) is 5.76 Å². The van der Waals surface area contributed by atoms with Crippen LogP contribution in [0.25, 0.3) is 11.0 Å². The molecule has 0 radical (unpaired) electrons. The number of benzene rings is 1. The number of nitrogens with zero attached hydrogens (tertiary/aromatic N) is 1. The Labute approximate surface area is 181 Å². The molecule has 1 aliphatic carbocycles. The normalized spacial score (nSPS) is 23.2. The van der Waals surface area contributed by atoms with Crippen LogP contribution in [-0.4, -0.2) is 35.1 Å². The van der Waals surface area contributed by atoms with Crippen LogP contribution in [0.15, 0.2) is 28.9 Å². The summed E-state index contributed by atoms with van der Waals surface area (Å²) in [5.41, 5.74) is 2.27. The minimum Gasteiger partial charge on any atom is -0.450 e. The van der Waals surface area contributed by atoms with Gasteiger partial charge in [-0.05, 0) is 44.2 Å². The summed E-state index contributed by atoms with van der Waals surface area (Å²) in [7, 11) is 0. The number of halogens is 1. The van der Waals surface area contributed by atoms with E-state index in [0.29, 0.717) is 22.9 Å². The van der Waals surface area contributed by atoms with E-state index in [1.807, 2.05) is 6.07 Å². The van der Waals surface area contributed by atoms with Crippen LogP contribution in [-0.2, 0) is 5.54 Å². The Morgan fingerprint density at radius 2 is 2.07 bits per heavy atom. The van der Waals surface area contributed by atoms with Crippen molar-refractivity contribution in [1.82, 2.24) is 10.2 Å². The third-order valence-corrected chi connectivity index (χ3v) is 7.22. The average molecular weight is 430 g/mol. The van der Waals surface area contributed by atoms with Crippen LogP contribution < -0.4 is 10.6 Å². The minimum absolute atomic E-state index is 0.0216. The van der Waals surface area contributed by atoms with E-state index >= 15 is 0 Å². The molecule has 1 aromatic heterocycles. The Kier molecular flexibility index (Phi) is 4.94. The maximum atomic E-state index is 13.3. The molecule has 3 N–H and O–H groups in total. The number of piperidine rings is 1. The molecule has 5 rings (SSSR count). The van der Waals surface area contributed by atoms with Crippen LogP contribution in [0.3, 0.4) is 0 Å². The molecule has 1 spiro atoms. The largest absolute Gasteiger partial charge is 0.450 e. The second-order valence-electron chi connectivity index (χ2n) is 8.84. The third-order valence-electron chi connectivity index (χ3n) is 6.92. The van der Waals surface area contributed by atoms with Crippen molar-refractivity contribution in [2.45, 2.75) is 62.9 Å². The molecule has 0 bridgehead atoms. The second-order valence-corrected chi connectivity index (χ2v) is 9.25. The zero-order chi connectivity index (χ0) is 20.9. The molecule has 2 aliphatic heterocycles. The zero-order valence-corrected chi connectivity index (χ0v) is 17.9. The van der Waals surface area contributed by atoms with E-state index in [1.54, 1.807) is 11.0 Å². The summed E-state index contributed by atoms with van der Waals surface area (Å²) in [6.07, 6.45) is 8.19. The van der Waals surface area contributed by atoms with Crippen LogP contribution in [0, 0.1) is 0 Å². The van der Waals surface area contributed by atoms with E-state index in [2.05, 4.69) is 17.2 Å². The molecule has 2 fully saturated rings. The van der Waals surface area contributed by atoms with Gasteiger partial charge < -0.3 is 25.1 Å². The highest BCUT2D eigenvalue weighted by Gasteiger charge is 2.42. The molecular formula is C23H28ClN3O3. The number of likely N-dealkylation sites (tertiary alicyclic amines) is 1. The Balaban J connectivity index is 1.63. The van der Waals surface area contributed by atoms with Gasteiger partial charge in [-0.15, -0.1) is 0 Å². The number of anilines is 1. The molecule has 160 valence electrons. The summed E-state index contributed by atoms with van der Waals surface area (Å²) >= 11 is 6.67. The molecule has 1 saturated carbocycles. The van der Waals surface area contributed by atoms with Crippen molar-refractivity contribution in [1.29, 1.82) is 0 Å². The molecule has 1 unspecified atom stereocenters. The van der Waals surface area contributed by atoms with Gasteiger partial charge in [-0.25, -0.2) is 0 Å². The fourth-order valence-corrected chi connectivity index (χ4v) is 5.76. The molecule has 1 saturated heterocycles. The molecular weight excluding hydrogens is 402 g/mol. The van der Waals surface area contributed by atoms with Gasteiger partial charge in [0.25, 0.3) is 5.91 Å². The van der Waals surface area contributed by atoms with Crippen molar-refractivity contribution in [2.75, 3.05) is 18.5 Å². The van der Waals surface area contributed by atoms with Gasteiger partial charge in [0.05, 0.1) is 34.7 Å². The van der Waals surface area contributed by atoms with Gasteiger partial charge >= 0.3 is 0 Å². The lowest BCUT2D eigenvalue weighted by Crippen LogP contribution is -2.48. The molecule has 3 heterocycles. The molecule has 6 nitrogen and oxygen atoms in total. The summed E-state index contributed by atoms with van der Waals surface area (Å²) in [6.45, 7) is 4.72. The number of furan rings is 1. The van der Waals surface area contributed by atoms with Crippen molar-refractivity contribution < 1.29 is 14.3 Å². The van der Waals surface area contributed by atoms with Crippen molar-refractivity contribution in [3.05, 3.63) is 40.9 Å². The highest BCUT2D eigenvalue weighted by Crippen LogP contribution is 2.49. The number of aliphatic hydroxyl groups excluding tert-OH is 1. The number of aliphatic hydroxyl groups is 1. The van der Waals surface area contributed by atoms with Crippen LogP contribution in [0.4, 0.5) is 5.69 Å². The van der Waals surface area contributed by atoms with Crippen LogP contribution >= 0.6 is 11.6 Å². The number of rotatable bonds is 2. The number of fused-ring (bicyclic) bond motifs is 4. The quantitative estimate of drug-likeness (QED) is 0.643. The van der Waals surface area contributed by atoms with Gasteiger partial charge in [-0.1, -0.05) is 37.4 Å². The number of hydrogen-bond acceptors (Lipinski definition) is 5. The van der Waals surface area contributed by atoms with Gasteiger partial charge in [-0.3, -0.25) is 4.79 Å². The predicted molar refractivity (Wildman–Crippen MR) is 118 cm³/mol. The fraction of sp³-hybridized carbons (Fsp3) is 0.522. The number of hydrogen-bond donors (Lipinski definition) is 3. The number of amides is 1. The van der Waals surface area contributed by atoms with E-state index < -0.39 is 0 Å². The molecule has 30 heavy (non-hydrogen) atoms. The van der Waals surface area contributed by atoms with Crippen LogP contribution in [0.2, 0.25) is 5.02 Å². The van der Waals surface area contributed by atoms with Gasteiger partial charge in [0.1, 0.15) is 5.58 Å². The van der Waals surface area contributed by atoms with Gasteiger partial charge in [-0.2, -0.15) is 0 Å². The van der Waals surface area contributed by atoms with E-state index in [0.717, 1.165) is 67.4 Å². The Morgan fingerprint density at radius 3 is 2.83 bits per heavy atom. The second kappa shape index (κ2) is 7.50. The van der Waals surface area contributed by atoms with E-state index in [4.69, 9.17) is 16.0 Å². The highest BCUT2D eigenvalue weighted by molar-refractivity contribution is 6.34. The van der Waals surface area contributed by atoms with E-state index in [9.17, 15) is 9.90 Å². The lowest BCUT2D eigenvalue weighted by atomic mass is 9.74.